The summed E-state index contributed by atoms with van der Waals surface area (Å²) in [5.41, 5.74) is 0.424. The summed E-state index contributed by atoms with van der Waals surface area (Å²) in [6, 6.07) is 2.44. The van der Waals surface area contributed by atoms with Gasteiger partial charge in [0.1, 0.15) is 11.6 Å². The second-order valence-corrected chi connectivity index (χ2v) is 5.37. The van der Waals surface area contributed by atoms with Crippen molar-refractivity contribution in [3.63, 3.8) is 0 Å². The molecule has 1 aliphatic rings. The minimum absolute atomic E-state index is 0.0508. The lowest BCUT2D eigenvalue weighted by molar-refractivity contribution is 0.573. The largest absolute Gasteiger partial charge is 0.207 e. The summed E-state index contributed by atoms with van der Waals surface area (Å²) in [6.45, 7) is 0. The van der Waals surface area contributed by atoms with Crippen molar-refractivity contribution in [2.24, 2.45) is 5.92 Å². The van der Waals surface area contributed by atoms with Crippen LogP contribution in [0.4, 0.5) is 8.78 Å². The normalized spacial score (nSPS) is 18.3. The Bertz CT molecular complexity index is 361. The van der Waals surface area contributed by atoms with Gasteiger partial charge in [-0.2, -0.15) is 0 Å². The summed E-state index contributed by atoms with van der Waals surface area (Å²) in [7, 11) is 0. The van der Waals surface area contributed by atoms with Crippen molar-refractivity contribution in [1.29, 1.82) is 0 Å². The Balaban J connectivity index is 2.36. The lowest BCUT2D eigenvalue weighted by Gasteiger charge is -2.10. The third-order valence-electron chi connectivity index (χ3n) is 2.37. The molecule has 1 aliphatic carbocycles. The molecule has 0 aromatic heterocycles. The van der Waals surface area contributed by atoms with Crippen molar-refractivity contribution in [1.82, 2.24) is 0 Å². The fraction of sp³-hybridized carbons (Fsp3) is 0.400. The molecule has 0 heterocycles. The van der Waals surface area contributed by atoms with Crippen LogP contribution in [0.25, 0.3) is 0 Å². The summed E-state index contributed by atoms with van der Waals surface area (Å²) in [4.78, 5) is -0.0508. The molecule has 1 saturated carbocycles. The Kier molecular flexibility index (Phi) is 2.93. The highest BCUT2D eigenvalue weighted by Crippen LogP contribution is 2.47. The van der Waals surface area contributed by atoms with Crippen LogP contribution in [0.15, 0.2) is 16.6 Å². The molecule has 1 unspecified atom stereocenters. The number of halogens is 4. The fourth-order valence-corrected chi connectivity index (χ4v) is 2.59. The van der Waals surface area contributed by atoms with Crippen molar-refractivity contribution < 1.29 is 8.78 Å². The zero-order valence-corrected chi connectivity index (χ0v) is 10.4. The Hall–Kier alpha value is 0.0400. The number of hydrogen-bond acceptors (Lipinski definition) is 0. The predicted molar refractivity (Wildman–Crippen MR) is 58.5 cm³/mol. The van der Waals surface area contributed by atoms with E-state index in [1.54, 1.807) is 0 Å². The van der Waals surface area contributed by atoms with Crippen molar-refractivity contribution in [2.45, 2.75) is 17.7 Å². The van der Waals surface area contributed by atoms with Crippen LogP contribution in [-0.4, -0.2) is 0 Å². The van der Waals surface area contributed by atoms with Crippen molar-refractivity contribution in [2.75, 3.05) is 0 Å². The molecule has 76 valence electrons. The molecule has 0 amide bonds. The average molecular weight is 326 g/mol. The third-order valence-corrected chi connectivity index (χ3v) is 4.22. The van der Waals surface area contributed by atoms with E-state index in [9.17, 15) is 8.78 Å². The molecule has 0 nitrogen and oxygen atoms in total. The Labute approximate surface area is 98.0 Å². The Morgan fingerprint density at radius 3 is 2.43 bits per heavy atom. The quantitative estimate of drug-likeness (QED) is 0.552. The molecule has 0 N–H and O–H groups in total. The molecule has 14 heavy (non-hydrogen) atoms. The minimum atomic E-state index is -0.411. The zero-order chi connectivity index (χ0) is 10.3. The van der Waals surface area contributed by atoms with Gasteiger partial charge in [-0.25, -0.2) is 8.78 Å². The van der Waals surface area contributed by atoms with Crippen LogP contribution >= 0.6 is 31.9 Å². The van der Waals surface area contributed by atoms with Gasteiger partial charge in [0.05, 0.1) is 4.47 Å². The lowest BCUT2D eigenvalue weighted by Crippen LogP contribution is -1.98. The molecule has 0 aliphatic heterocycles. The summed E-state index contributed by atoms with van der Waals surface area (Å²) in [5.74, 6) is -0.302. The van der Waals surface area contributed by atoms with Crippen LogP contribution in [0.1, 0.15) is 23.2 Å². The van der Waals surface area contributed by atoms with Crippen molar-refractivity contribution >= 4 is 31.9 Å². The Morgan fingerprint density at radius 1 is 1.21 bits per heavy atom. The minimum Gasteiger partial charge on any atom is -0.207 e. The maximum atomic E-state index is 13.4. The van der Waals surface area contributed by atoms with Gasteiger partial charge < -0.3 is 0 Å². The molecule has 2 rings (SSSR count). The van der Waals surface area contributed by atoms with Gasteiger partial charge in [0.25, 0.3) is 0 Å². The first-order chi connectivity index (χ1) is 6.59. The van der Waals surface area contributed by atoms with Crippen molar-refractivity contribution in [3.05, 3.63) is 33.8 Å². The molecule has 1 aromatic rings. The molecular weight excluding hydrogens is 318 g/mol. The van der Waals surface area contributed by atoms with E-state index >= 15 is 0 Å². The van der Waals surface area contributed by atoms with Gasteiger partial charge >= 0.3 is 0 Å². The molecular formula is C10H8Br2F2. The number of benzene rings is 1. The van der Waals surface area contributed by atoms with E-state index in [-0.39, 0.29) is 15.1 Å². The van der Waals surface area contributed by atoms with Crippen LogP contribution in [-0.2, 0) is 0 Å². The average Bonchev–Trinajstić information content (AvgIpc) is 2.93. The van der Waals surface area contributed by atoms with E-state index in [0.29, 0.717) is 11.5 Å². The monoisotopic (exact) mass is 324 g/mol. The van der Waals surface area contributed by atoms with Gasteiger partial charge in [-0.15, -0.1) is 0 Å². The highest BCUT2D eigenvalue weighted by Gasteiger charge is 2.32. The fourth-order valence-electron chi connectivity index (χ4n) is 1.39. The first kappa shape index (κ1) is 10.6. The first-order valence-electron chi connectivity index (χ1n) is 4.38. The van der Waals surface area contributed by atoms with Gasteiger partial charge in [-0.05, 0) is 46.8 Å². The van der Waals surface area contributed by atoms with E-state index in [2.05, 4.69) is 31.9 Å². The third kappa shape index (κ3) is 2.01. The van der Waals surface area contributed by atoms with Crippen LogP contribution < -0.4 is 0 Å². The van der Waals surface area contributed by atoms with E-state index in [4.69, 9.17) is 0 Å². The maximum absolute atomic E-state index is 13.4. The number of alkyl halides is 1. The molecule has 0 saturated heterocycles. The van der Waals surface area contributed by atoms with Crippen molar-refractivity contribution in [3.8, 4) is 0 Å². The van der Waals surface area contributed by atoms with Crippen LogP contribution in [0.3, 0.4) is 0 Å². The first-order valence-corrected chi connectivity index (χ1v) is 6.09. The molecule has 1 aromatic carbocycles. The highest BCUT2D eigenvalue weighted by molar-refractivity contribution is 9.10. The predicted octanol–water partition coefficient (Wildman–Crippen LogP) is 4.57. The summed E-state index contributed by atoms with van der Waals surface area (Å²) in [6.07, 6.45) is 2.18. The summed E-state index contributed by atoms with van der Waals surface area (Å²) in [5, 5.41) is 0. The standard InChI is InChI=1S/C10H8Br2F2/c11-7-4-8(13)6(3-9(7)14)10(12)5-1-2-5/h3-5,10H,1-2H2. The molecule has 4 heteroatoms. The van der Waals surface area contributed by atoms with Crippen LogP contribution in [0.5, 0.6) is 0 Å². The molecule has 0 radical (unpaired) electrons. The lowest BCUT2D eigenvalue weighted by atomic mass is 10.1. The second kappa shape index (κ2) is 3.89. The Morgan fingerprint density at radius 2 is 1.86 bits per heavy atom. The van der Waals surface area contributed by atoms with Gasteiger partial charge in [0.2, 0.25) is 0 Å². The van der Waals surface area contributed by atoms with E-state index in [1.165, 1.54) is 12.1 Å². The zero-order valence-electron chi connectivity index (χ0n) is 7.24. The van der Waals surface area contributed by atoms with E-state index in [1.807, 2.05) is 0 Å². The van der Waals surface area contributed by atoms with Gasteiger partial charge in [-0.1, -0.05) is 15.9 Å². The molecule has 1 atom stereocenters. The SMILES string of the molecule is Fc1cc(C(Br)C2CC2)c(F)cc1Br. The summed E-state index contributed by atoms with van der Waals surface area (Å²) >= 11 is 6.35. The van der Waals surface area contributed by atoms with E-state index < -0.39 is 5.82 Å². The highest BCUT2D eigenvalue weighted by atomic mass is 79.9. The van der Waals surface area contributed by atoms with Gasteiger partial charge in [-0.3, -0.25) is 0 Å². The topological polar surface area (TPSA) is 0 Å². The van der Waals surface area contributed by atoms with Crippen LogP contribution in [0, 0.1) is 17.6 Å². The molecule has 0 spiro atoms. The van der Waals surface area contributed by atoms with Gasteiger partial charge in [0, 0.05) is 10.4 Å². The van der Waals surface area contributed by atoms with Crippen LogP contribution in [0.2, 0.25) is 0 Å². The number of rotatable bonds is 2. The maximum Gasteiger partial charge on any atom is 0.137 e. The molecule has 1 fully saturated rings. The van der Waals surface area contributed by atoms with Gasteiger partial charge in [0.15, 0.2) is 0 Å². The van der Waals surface area contributed by atoms with E-state index in [0.717, 1.165) is 12.8 Å². The second-order valence-electron chi connectivity index (χ2n) is 3.53. The molecule has 0 bridgehead atoms. The summed E-state index contributed by atoms with van der Waals surface area (Å²) < 4.78 is 26.8. The number of hydrogen-bond donors (Lipinski definition) is 0. The smallest absolute Gasteiger partial charge is 0.137 e.